The summed E-state index contributed by atoms with van der Waals surface area (Å²) >= 11 is 0. The predicted octanol–water partition coefficient (Wildman–Crippen LogP) is 2.49. The Morgan fingerprint density at radius 2 is 1.73 bits per heavy atom. The first-order valence-electron chi connectivity index (χ1n) is 8.31. The highest BCUT2D eigenvalue weighted by Gasteiger charge is 2.33. The van der Waals surface area contributed by atoms with E-state index in [0.717, 1.165) is 5.56 Å². The molecule has 0 bridgehead atoms. The third kappa shape index (κ3) is 3.44. The number of anilines is 2. The van der Waals surface area contributed by atoms with E-state index in [1.807, 2.05) is 30.3 Å². The van der Waals surface area contributed by atoms with E-state index >= 15 is 0 Å². The molecule has 2 aromatic rings. The molecule has 1 aliphatic heterocycles. The predicted molar refractivity (Wildman–Crippen MR) is 97.9 cm³/mol. The molecule has 1 aliphatic rings. The Bertz CT molecular complexity index is 846. The first kappa shape index (κ1) is 17.7. The van der Waals surface area contributed by atoms with Crippen LogP contribution in [-0.4, -0.2) is 30.9 Å². The maximum atomic E-state index is 12.5. The Hall–Kier alpha value is -3.15. The van der Waals surface area contributed by atoms with Crippen LogP contribution in [0.3, 0.4) is 0 Å². The number of amides is 2. The summed E-state index contributed by atoms with van der Waals surface area (Å²) in [6.07, 6.45) is 0. The van der Waals surface area contributed by atoms with Gasteiger partial charge in [-0.25, -0.2) is 0 Å². The molecule has 2 amide bonds. The average molecular weight is 352 g/mol. The molecular formula is C20H20N2O4. The summed E-state index contributed by atoms with van der Waals surface area (Å²) in [5.41, 5.74) is 1.09. The summed E-state index contributed by atoms with van der Waals surface area (Å²) in [5.74, 6) is -1.22. The van der Waals surface area contributed by atoms with Crippen molar-refractivity contribution < 1.29 is 19.1 Å². The van der Waals surface area contributed by atoms with E-state index in [2.05, 4.69) is 5.32 Å². The second-order valence-electron chi connectivity index (χ2n) is 6.61. The first-order chi connectivity index (χ1) is 12.4. The zero-order valence-corrected chi connectivity index (χ0v) is 14.7. The van der Waals surface area contributed by atoms with Crippen molar-refractivity contribution in [3.05, 3.63) is 60.2 Å². The molecule has 0 radical (unpaired) electrons. The van der Waals surface area contributed by atoms with Gasteiger partial charge in [0.05, 0.1) is 16.8 Å². The number of carbonyl (C=O) groups is 3. The Balaban J connectivity index is 1.69. The van der Waals surface area contributed by atoms with E-state index in [0.29, 0.717) is 11.4 Å². The smallest absolute Gasteiger partial charge is 0.316 e. The van der Waals surface area contributed by atoms with Gasteiger partial charge in [0, 0.05) is 0 Å². The molecular weight excluding hydrogens is 332 g/mol. The number of ether oxygens (including phenoxy) is 1. The van der Waals surface area contributed by atoms with Crippen molar-refractivity contribution in [2.24, 2.45) is 0 Å². The van der Waals surface area contributed by atoms with Crippen LogP contribution in [0.5, 0.6) is 0 Å². The second kappa shape index (κ2) is 7.00. The van der Waals surface area contributed by atoms with Gasteiger partial charge in [-0.2, -0.15) is 0 Å². The topological polar surface area (TPSA) is 75.7 Å². The van der Waals surface area contributed by atoms with Crippen LogP contribution in [-0.2, 0) is 24.5 Å². The maximum absolute atomic E-state index is 12.5. The van der Waals surface area contributed by atoms with E-state index in [4.69, 9.17) is 4.74 Å². The van der Waals surface area contributed by atoms with Gasteiger partial charge < -0.3 is 10.1 Å². The van der Waals surface area contributed by atoms with Crippen molar-refractivity contribution in [3.63, 3.8) is 0 Å². The van der Waals surface area contributed by atoms with Gasteiger partial charge in [-0.15, -0.1) is 0 Å². The highest BCUT2D eigenvalue weighted by Crippen LogP contribution is 2.29. The summed E-state index contributed by atoms with van der Waals surface area (Å²) in [5, 5.41) is 2.71. The minimum atomic E-state index is -0.876. The van der Waals surface area contributed by atoms with E-state index in [1.54, 1.807) is 38.1 Å². The molecule has 6 nitrogen and oxygen atoms in total. The second-order valence-corrected chi connectivity index (χ2v) is 6.61. The fourth-order valence-electron chi connectivity index (χ4n) is 2.81. The number of benzene rings is 2. The van der Waals surface area contributed by atoms with Crippen LogP contribution < -0.4 is 10.2 Å². The highest BCUT2D eigenvalue weighted by atomic mass is 16.5. The molecule has 6 heteroatoms. The van der Waals surface area contributed by atoms with Crippen LogP contribution >= 0.6 is 0 Å². The summed E-state index contributed by atoms with van der Waals surface area (Å²) in [6.45, 7) is 2.98. The quantitative estimate of drug-likeness (QED) is 0.858. The molecule has 1 N–H and O–H groups in total. The summed E-state index contributed by atoms with van der Waals surface area (Å²) in [7, 11) is 0. The van der Waals surface area contributed by atoms with Gasteiger partial charge in [0.15, 0.2) is 6.61 Å². The van der Waals surface area contributed by atoms with Gasteiger partial charge in [0.25, 0.3) is 5.91 Å². The monoisotopic (exact) mass is 352 g/mol. The summed E-state index contributed by atoms with van der Waals surface area (Å²) in [4.78, 5) is 38.2. The molecule has 0 atom stereocenters. The molecule has 0 spiro atoms. The lowest BCUT2D eigenvalue weighted by molar-refractivity contribution is -0.152. The summed E-state index contributed by atoms with van der Waals surface area (Å²) in [6, 6.07) is 16.3. The van der Waals surface area contributed by atoms with Crippen molar-refractivity contribution in [1.82, 2.24) is 0 Å². The fraction of sp³-hybridized carbons (Fsp3) is 0.250. The molecule has 26 heavy (non-hydrogen) atoms. The zero-order valence-electron chi connectivity index (χ0n) is 14.7. The maximum Gasteiger partial charge on any atom is 0.316 e. The largest absolute Gasteiger partial charge is 0.455 e. The van der Waals surface area contributed by atoms with Crippen molar-refractivity contribution >= 4 is 29.2 Å². The number of nitrogens with zero attached hydrogens (tertiary/aromatic N) is 1. The lowest BCUT2D eigenvalue weighted by atomic mass is 9.85. The van der Waals surface area contributed by atoms with Crippen LogP contribution in [0.1, 0.15) is 19.4 Å². The van der Waals surface area contributed by atoms with Crippen LogP contribution in [0.4, 0.5) is 11.4 Å². The standard InChI is InChI=1S/C20H20N2O4/c1-20(2,14-8-4-3-5-9-14)19(25)26-13-18(24)22-12-17(23)21-15-10-6-7-11-16(15)22/h3-11H,12-13H2,1-2H3,(H,21,23). The molecule has 0 saturated heterocycles. The van der Waals surface area contributed by atoms with Crippen LogP contribution in [0.2, 0.25) is 0 Å². The third-order valence-electron chi connectivity index (χ3n) is 4.40. The van der Waals surface area contributed by atoms with Crippen LogP contribution in [0.15, 0.2) is 54.6 Å². The minimum absolute atomic E-state index is 0.102. The number of rotatable bonds is 4. The highest BCUT2D eigenvalue weighted by molar-refractivity contribution is 6.10. The normalized spacial score (nSPS) is 13.6. The molecule has 0 unspecified atom stereocenters. The van der Waals surface area contributed by atoms with Gasteiger partial charge in [-0.1, -0.05) is 42.5 Å². The van der Waals surface area contributed by atoms with Crippen molar-refractivity contribution in [3.8, 4) is 0 Å². The number of hydrogen-bond acceptors (Lipinski definition) is 4. The van der Waals surface area contributed by atoms with Gasteiger partial charge in [-0.05, 0) is 31.5 Å². The SMILES string of the molecule is CC(C)(C(=O)OCC(=O)N1CC(=O)Nc2ccccc21)c1ccccc1. The molecule has 0 aromatic heterocycles. The Morgan fingerprint density at radius 1 is 1.08 bits per heavy atom. The summed E-state index contributed by atoms with van der Waals surface area (Å²) < 4.78 is 5.26. The van der Waals surface area contributed by atoms with Gasteiger partial charge in [0.1, 0.15) is 6.54 Å². The minimum Gasteiger partial charge on any atom is -0.455 e. The molecule has 1 heterocycles. The number of esters is 1. The van der Waals surface area contributed by atoms with Crippen LogP contribution in [0.25, 0.3) is 0 Å². The number of para-hydroxylation sites is 2. The lowest BCUT2D eigenvalue weighted by Crippen LogP contribution is -2.44. The molecule has 134 valence electrons. The number of hydrogen-bond donors (Lipinski definition) is 1. The van der Waals surface area contributed by atoms with Gasteiger partial charge in [0.2, 0.25) is 5.91 Å². The molecule has 3 rings (SSSR count). The van der Waals surface area contributed by atoms with Crippen molar-refractivity contribution in [1.29, 1.82) is 0 Å². The van der Waals surface area contributed by atoms with E-state index < -0.39 is 23.9 Å². The lowest BCUT2D eigenvalue weighted by Gasteiger charge is -2.29. The van der Waals surface area contributed by atoms with E-state index in [1.165, 1.54) is 4.90 Å². The molecule has 0 fully saturated rings. The zero-order chi connectivity index (χ0) is 18.7. The fourth-order valence-corrected chi connectivity index (χ4v) is 2.81. The van der Waals surface area contributed by atoms with Crippen LogP contribution in [0, 0.1) is 0 Å². The Morgan fingerprint density at radius 3 is 2.46 bits per heavy atom. The van der Waals surface area contributed by atoms with E-state index in [9.17, 15) is 14.4 Å². The third-order valence-corrected chi connectivity index (χ3v) is 4.40. The first-order valence-corrected chi connectivity index (χ1v) is 8.31. The van der Waals surface area contributed by atoms with Gasteiger partial charge in [-0.3, -0.25) is 19.3 Å². The molecule has 0 saturated carbocycles. The van der Waals surface area contributed by atoms with Crippen molar-refractivity contribution in [2.75, 3.05) is 23.4 Å². The number of nitrogens with one attached hydrogen (secondary N) is 1. The van der Waals surface area contributed by atoms with Crippen molar-refractivity contribution in [2.45, 2.75) is 19.3 Å². The number of carbonyl (C=O) groups excluding carboxylic acids is 3. The van der Waals surface area contributed by atoms with E-state index in [-0.39, 0.29) is 12.5 Å². The van der Waals surface area contributed by atoms with Gasteiger partial charge >= 0.3 is 5.97 Å². The molecule has 0 aliphatic carbocycles. The Kier molecular flexibility index (Phi) is 4.75. The number of fused-ring (bicyclic) bond motifs is 1. The average Bonchev–Trinajstić information content (AvgIpc) is 2.65. The molecule has 2 aromatic carbocycles. The Labute approximate surface area is 151 Å².